The smallest absolute Gasteiger partial charge is 0.261 e. The van der Waals surface area contributed by atoms with Crippen LogP contribution in [0.4, 0.5) is 0 Å². The van der Waals surface area contributed by atoms with Gasteiger partial charge in [-0.3, -0.25) is 4.79 Å². The van der Waals surface area contributed by atoms with Crippen LogP contribution in [0.5, 0.6) is 5.75 Å². The highest BCUT2D eigenvalue weighted by Crippen LogP contribution is 2.26. The van der Waals surface area contributed by atoms with Crippen molar-refractivity contribution in [1.82, 2.24) is 5.32 Å². The number of nitrogens with one attached hydrogen (secondary N) is 1. The molecule has 3 heteroatoms. The van der Waals surface area contributed by atoms with Crippen molar-refractivity contribution in [3.8, 4) is 5.75 Å². The fourth-order valence-electron chi connectivity index (χ4n) is 3.04. The van der Waals surface area contributed by atoms with Gasteiger partial charge in [0.1, 0.15) is 5.75 Å². The standard InChI is InChI=1S/C23H25NO2/c1-3-21(23(25)24-16-17(2)18-10-5-4-6-11-18)26-22-15-9-13-19-12-7-8-14-20(19)22/h4-15,17,21H,3,16H2,1-2H3,(H,24,25)/t17-,21+/m1/s1. The summed E-state index contributed by atoms with van der Waals surface area (Å²) in [5.41, 5.74) is 1.22. The molecule has 0 radical (unpaired) electrons. The van der Waals surface area contributed by atoms with E-state index in [0.29, 0.717) is 13.0 Å². The first-order chi connectivity index (χ1) is 12.7. The Hall–Kier alpha value is -2.81. The Labute approximate surface area is 155 Å². The Morgan fingerprint density at radius 1 is 0.962 bits per heavy atom. The lowest BCUT2D eigenvalue weighted by Crippen LogP contribution is -2.39. The van der Waals surface area contributed by atoms with Crippen LogP contribution < -0.4 is 10.1 Å². The van der Waals surface area contributed by atoms with Gasteiger partial charge in [0.2, 0.25) is 0 Å². The number of hydrogen-bond donors (Lipinski definition) is 1. The monoisotopic (exact) mass is 347 g/mol. The normalized spacial score (nSPS) is 13.2. The summed E-state index contributed by atoms with van der Waals surface area (Å²) in [4.78, 5) is 12.6. The Morgan fingerprint density at radius 3 is 2.42 bits per heavy atom. The molecule has 3 rings (SSSR count). The van der Waals surface area contributed by atoms with Crippen LogP contribution in [0.15, 0.2) is 72.8 Å². The van der Waals surface area contributed by atoms with Gasteiger partial charge in [-0.05, 0) is 29.4 Å². The van der Waals surface area contributed by atoms with Crippen molar-refractivity contribution in [3.05, 3.63) is 78.4 Å². The molecular formula is C23H25NO2. The van der Waals surface area contributed by atoms with Crippen molar-refractivity contribution in [2.24, 2.45) is 0 Å². The zero-order valence-corrected chi connectivity index (χ0v) is 15.3. The molecular weight excluding hydrogens is 322 g/mol. The van der Waals surface area contributed by atoms with Crippen LogP contribution in [0.2, 0.25) is 0 Å². The average Bonchev–Trinajstić information content (AvgIpc) is 2.70. The zero-order chi connectivity index (χ0) is 18.4. The van der Waals surface area contributed by atoms with Gasteiger partial charge < -0.3 is 10.1 Å². The third kappa shape index (κ3) is 4.23. The summed E-state index contributed by atoms with van der Waals surface area (Å²) in [5, 5.41) is 5.17. The Kier molecular flexibility index (Phi) is 5.90. The number of rotatable bonds is 7. The minimum absolute atomic E-state index is 0.0665. The van der Waals surface area contributed by atoms with E-state index < -0.39 is 6.10 Å². The topological polar surface area (TPSA) is 38.3 Å². The number of carbonyl (C=O) groups excluding carboxylic acids is 1. The van der Waals surface area contributed by atoms with E-state index in [0.717, 1.165) is 16.5 Å². The number of benzene rings is 3. The summed E-state index contributed by atoms with van der Waals surface area (Å²) in [6, 6.07) is 24.2. The van der Waals surface area contributed by atoms with Crippen molar-refractivity contribution in [2.45, 2.75) is 32.3 Å². The molecule has 26 heavy (non-hydrogen) atoms. The van der Waals surface area contributed by atoms with E-state index in [-0.39, 0.29) is 11.8 Å². The minimum atomic E-state index is -0.497. The minimum Gasteiger partial charge on any atom is -0.480 e. The summed E-state index contributed by atoms with van der Waals surface area (Å²) < 4.78 is 6.06. The molecule has 0 fully saturated rings. The van der Waals surface area contributed by atoms with Crippen LogP contribution >= 0.6 is 0 Å². The lowest BCUT2D eigenvalue weighted by atomic mass is 10.0. The summed E-state index contributed by atoms with van der Waals surface area (Å²) in [7, 11) is 0. The first-order valence-corrected chi connectivity index (χ1v) is 9.16. The van der Waals surface area contributed by atoms with Gasteiger partial charge in [-0.2, -0.15) is 0 Å². The first kappa shape index (κ1) is 18.0. The maximum absolute atomic E-state index is 12.6. The molecule has 0 aliphatic carbocycles. The molecule has 0 aliphatic rings. The maximum atomic E-state index is 12.6. The molecule has 2 atom stereocenters. The van der Waals surface area contributed by atoms with Crippen LogP contribution in [0, 0.1) is 0 Å². The molecule has 0 spiro atoms. The quantitative estimate of drug-likeness (QED) is 0.659. The highest BCUT2D eigenvalue weighted by Gasteiger charge is 2.20. The summed E-state index contributed by atoms with van der Waals surface area (Å²) in [6.45, 7) is 4.68. The third-order valence-electron chi connectivity index (χ3n) is 4.63. The van der Waals surface area contributed by atoms with E-state index in [9.17, 15) is 4.79 Å². The van der Waals surface area contributed by atoms with E-state index >= 15 is 0 Å². The summed E-state index contributed by atoms with van der Waals surface area (Å²) in [5.74, 6) is 0.944. The van der Waals surface area contributed by atoms with Crippen LogP contribution in [0.25, 0.3) is 10.8 Å². The second kappa shape index (κ2) is 8.52. The second-order valence-corrected chi connectivity index (χ2v) is 6.55. The average molecular weight is 347 g/mol. The molecule has 0 unspecified atom stereocenters. The Morgan fingerprint density at radius 2 is 1.65 bits per heavy atom. The molecule has 0 saturated carbocycles. The van der Waals surface area contributed by atoms with E-state index in [4.69, 9.17) is 4.74 Å². The number of hydrogen-bond acceptors (Lipinski definition) is 2. The van der Waals surface area contributed by atoms with Crippen LogP contribution in [0.3, 0.4) is 0 Å². The van der Waals surface area contributed by atoms with Crippen molar-refractivity contribution < 1.29 is 9.53 Å². The lowest BCUT2D eigenvalue weighted by molar-refractivity contribution is -0.128. The molecule has 0 heterocycles. The van der Waals surface area contributed by atoms with Crippen molar-refractivity contribution >= 4 is 16.7 Å². The van der Waals surface area contributed by atoms with Crippen LogP contribution in [-0.2, 0) is 4.79 Å². The van der Waals surface area contributed by atoms with Crippen molar-refractivity contribution in [2.75, 3.05) is 6.54 Å². The van der Waals surface area contributed by atoms with E-state index in [2.05, 4.69) is 24.4 Å². The first-order valence-electron chi connectivity index (χ1n) is 9.16. The highest BCUT2D eigenvalue weighted by atomic mass is 16.5. The van der Waals surface area contributed by atoms with Gasteiger partial charge in [-0.15, -0.1) is 0 Å². The largest absolute Gasteiger partial charge is 0.480 e. The molecule has 1 amide bonds. The van der Waals surface area contributed by atoms with Gasteiger partial charge in [-0.1, -0.05) is 80.6 Å². The van der Waals surface area contributed by atoms with Gasteiger partial charge in [0.25, 0.3) is 5.91 Å². The fraction of sp³-hybridized carbons (Fsp3) is 0.261. The van der Waals surface area contributed by atoms with E-state index in [1.807, 2.05) is 67.6 Å². The molecule has 1 N–H and O–H groups in total. The van der Waals surface area contributed by atoms with Gasteiger partial charge in [0, 0.05) is 11.9 Å². The van der Waals surface area contributed by atoms with E-state index in [1.165, 1.54) is 5.56 Å². The number of ether oxygens (including phenoxy) is 1. The van der Waals surface area contributed by atoms with Gasteiger partial charge in [0.15, 0.2) is 6.10 Å². The zero-order valence-electron chi connectivity index (χ0n) is 15.3. The van der Waals surface area contributed by atoms with Gasteiger partial charge in [0.05, 0.1) is 0 Å². The number of amides is 1. The molecule has 134 valence electrons. The molecule has 0 aliphatic heterocycles. The van der Waals surface area contributed by atoms with Crippen molar-refractivity contribution in [3.63, 3.8) is 0 Å². The SMILES string of the molecule is CC[C@H](Oc1cccc2ccccc12)C(=O)NC[C@@H](C)c1ccccc1. The van der Waals surface area contributed by atoms with Crippen molar-refractivity contribution in [1.29, 1.82) is 0 Å². The Balaban J connectivity index is 1.65. The number of fused-ring (bicyclic) bond motifs is 1. The third-order valence-corrected chi connectivity index (χ3v) is 4.63. The highest BCUT2D eigenvalue weighted by molar-refractivity contribution is 5.89. The molecule has 0 aromatic heterocycles. The predicted molar refractivity (Wildman–Crippen MR) is 107 cm³/mol. The maximum Gasteiger partial charge on any atom is 0.261 e. The summed E-state index contributed by atoms with van der Waals surface area (Å²) >= 11 is 0. The molecule has 0 bridgehead atoms. The Bertz CT molecular complexity index is 855. The fourth-order valence-corrected chi connectivity index (χ4v) is 3.04. The van der Waals surface area contributed by atoms with E-state index in [1.54, 1.807) is 0 Å². The molecule has 3 aromatic rings. The predicted octanol–water partition coefficient (Wildman–Crippen LogP) is 4.92. The van der Waals surface area contributed by atoms with Gasteiger partial charge >= 0.3 is 0 Å². The van der Waals surface area contributed by atoms with Crippen LogP contribution in [0.1, 0.15) is 31.7 Å². The summed E-state index contributed by atoms with van der Waals surface area (Å²) in [6.07, 6.45) is 0.123. The lowest BCUT2D eigenvalue weighted by Gasteiger charge is -2.20. The van der Waals surface area contributed by atoms with Crippen LogP contribution in [-0.4, -0.2) is 18.6 Å². The molecule has 0 saturated heterocycles. The number of carbonyl (C=O) groups is 1. The second-order valence-electron chi connectivity index (χ2n) is 6.55. The van der Waals surface area contributed by atoms with Gasteiger partial charge in [-0.25, -0.2) is 0 Å². The molecule has 3 aromatic carbocycles. The molecule has 3 nitrogen and oxygen atoms in total.